The van der Waals surface area contributed by atoms with Crippen molar-refractivity contribution >= 4 is 17.6 Å². The molecule has 160 valence electrons. The summed E-state index contributed by atoms with van der Waals surface area (Å²) in [4.78, 5) is 31.7. The van der Waals surface area contributed by atoms with Crippen LogP contribution in [0.25, 0.3) is 0 Å². The number of amides is 3. The van der Waals surface area contributed by atoms with E-state index >= 15 is 0 Å². The van der Waals surface area contributed by atoms with Crippen molar-refractivity contribution in [1.29, 1.82) is 0 Å². The lowest BCUT2D eigenvalue weighted by Crippen LogP contribution is -2.66. The molecule has 0 aromatic heterocycles. The Morgan fingerprint density at radius 3 is 2.23 bits per heavy atom. The molecule has 0 aliphatic carbocycles. The van der Waals surface area contributed by atoms with Crippen molar-refractivity contribution in [3.05, 3.63) is 71.8 Å². The average Bonchev–Trinajstić information content (AvgIpc) is 3.16. The first-order chi connectivity index (χ1) is 15.0. The topological polar surface area (TPSA) is 71.5 Å². The number of hydrogen-bond acceptors (Lipinski definition) is 6. The predicted octanol–water partition coefficient (Wildman–Crippen LogP) is 1.86. The van der Waals surface area contributed by atoms with E-state index in [1.165, 1.54) is 4.90 Å². The molecule has 2 fully saturated rings. The zero-order valence-electron chi connectivity index (χ0n) is 17.7. The Kier molecular flexibility index (Phi) is 4.95. The number of carbonyl (C=O) groups excluding carboxylic acids is 2. The largest absolute Gasteiger partial charge is 0.328 e. The maximum Gasteiger partial charge on any atom is 0.328 e. The molecular weight excluding hydrogens is 392 g/mol. The van der Waals surface area contributed by atoms with Crippen molar-refractivity contribution < 1.29 is 9.59 Å². The van der Waals surface area contributed by atoms with Crippen molar-refractivity contribution in [2.24, 2.45) is 5.10 Å². The summed E-state index contributed by atoms with van der Waals surface area (Å²) in [6.45, 7) is 3.44. The molecule has 2 aromatic carbocycles. The van der Waals surface area contributed by atoms with E-state index in [2.05, 4.69) is 22.3 Å². The molecule has 0 bridgehead atoms. The van der Waals surface area contributed by atoms with Crippen molar-refractivity contribution in [3.8, 4) is 0 Å². The van der Waals surface area contributed by atoms with Gasteiger partial charge in [-0.3, -0.25) is 20.0 Å². The van der Waals surface area contributed by atoms with Crippen LogP contribution in [0.4, 0.5) is 4.79 Å². The van der Waals surface area contributed by atoms with E-state index in [1.807, 2.05) is 60.5 Å². The van der Waals surface area contributed by atoms with Gasteiger partial charge in [0.15, 0.2) is 6.29 Å². The standard InChI is InChI=1S/C23H26N6O2/c1-16-13-27-19-20(24-22(27)29(25-16)15-18-11-7-4-8-12-18)26(2)23(31)28(21(19)30)14-17-9-5-3-6-10-17/h3-12,19-20,22,24H,13-15H2,1-2H3. The highest BCUT2D eigenvalue weighted by molar-refractivity contribution is 6.01. The molecule has 3 amide bonds. The Hall–Kier alpha value is -3.23. The number of nitrogens with one attached hydrogen (secondary N) is 1. The lowest BCUT2D eigenvalue weighted by molar-refractivity contribution is -0.139. The highest BCUT2D eigenvalue weighted by atomic mass is 16.2. The molecule has 3 atom stereocenters. The van der Waals surface area contributed by atoms with Crippen LogP contribution < -0.4 is 5.32 Å². The third kappa shape index (κ3) is 3.47. The minimum absolute atomic E-state index is 0.165. The summed E-state index contributed by atoms with van der Waals surface area (Å²) in [5.74, 6) is -0.165. The first-order valence-electron chi connectivity index (χ1n) is 10.5. The summed E-state index contributed by atoms with van der Waals surface area (Å²) in [6.07, 6.45) is -0.647. The number of carbonyl (C=O) groups is 2. The van der Waals surface area contributed by atoms with Crippen molar-refractivity contribution in [3.63, 3.8) is 0 Å². The number of benzene rings is 2. The van der Waals surface area contributed by atoms with Crippen molar-refractivity contribution in [2.75, 3.05) is 13.6 Å². The minimum atomic E-state index is -0.458. The second-order valence-corrected chi connectivity index (χ2v) is 8.32. The molecule has 5 rings (SSSR count). The maximum atomic E-state index is 13.5. The van der Waals surface area contributed by atoms with Gasteiger partial charge >= 0.3 is 6.03 Å². The molecule has 0 saturated carbocycles. The fourth-order valence-corrected chi connectivity index (χ4v) is 4.65. The van der Waals surface area contributed by atoms with Gasteiger partial charge in [-0.05, 0) is 18.1 Å². The molecule has 3 unspecified atom stereocenters. The minimum Gasteiger partial charge on any atom is -0.310 e. The van der Waals surface area contributed by atoms with E-state index in [1.54, 1.807) is 11.9 Å². The highest BCUT2D eigenvalue weighted by Gasteiger charge is 2.56. The molecule has 3 aliphatic rings. The van der Waals surface area contributed by atoms with Gasteiger partial charge in [0.2, 0.25) is 0 Å². The quantitative estimate of drug-likeness (QED) is 0.821. The number of hydrogen-bond donors (Lipinski definition) is 1. The number of urea groups is 1. The Morgan fingerprint density at radius 2 is 1.58 bits per heavy atom. The highest BCUT2D eigenvalue weighted by Crippen LogP contribution is 2.31. The lowest BCUT2D eigenvalue weighted by Gasteiger charge is -2.42. The number of imide groups is 1. The summed E-state index contributed by atoms with van der Waals surface area (Å²) in [5.41, 5.74) is 3.01. The second-order valence-electron chi connectivity index (χ2n) is 8.32. The molecule has 0 spiro atoms. The van der Waals surface area contributed by atoms with Crippen LogP contribution >= 0.6 is 0 Å². The molecule has 2 saturated heterocycles. The summed E-state index contributed by atoms with van der Waals surface area (Å²) in [7, 11) is 1.76. The maximum absolute atomic E-state index is 13.5. The van der Waals surface area contributed by atoms with Crippen LogP contribution in [0.1, 0.15) is 18.1 Å². The first kappa shape index (κ1) is 19.7. The Bertz CT molecular complexity index is 1010. The van der Waals surface area contributed by atoms with E-state index < -0.39 is 12.2 Å². The summed E-state index contributed by atoms with van der Waals surface area (Å²) in [6, 6.07) is 19.0. The second kappa shape index (κ2) is 7.79. The van der Waals surface area contributed by atoms with Crippen molar-refractivity contribution in [1.82, 2.24) is 25.0 Å². The van der Waals surface area contributed by atoms with Crippen LogP contribution in [0, 0.1) is 0 Å². The van der Waals surface area contributed by atoms with Gasteiger partial charge in [0.1, 0.15) is 12.2 Å². The van der Waals surface area contributed by atoms with Gasteiger partial charge in [-0.2, -0.15) is 5.10 Å². The van der Waals surface area contributed by atoms with E-state index in [9.17, 15) is 9.59 Å². The van der Waals surface area contributed by atoms with Gasteiger partial charge < -0.3 is 4.90 Å². The number of nitrogens with zero attached hydrogens (tertiary/aromatic N) is 5. The molecule has 3 aliphatic heterocycles. The van der Waals surface area contributed by atoms with E-state index in [4.69, 9.17) is 5.10 Å². The summed E-state index contributed by atoms with van der Waals surface area (Å²) < 4.78 is 0. The molecule has 8 heteroatoms. The molecule has 0 radical (unpaired) electrons. The molecule has 3 heterocycles. The van der Waals surface area contributed by atoms with Crippen LogP contribution in [0.5, 0.6) is 0 Å². The van der Waals surface area contributed by atoms with Gasteiger partial charge in [-0.25, -0.2) is 9.69 Å². The van der Waals surface area contributed by atoms with Crippen LogP contribution in [-0.2, 0) is 17.9 Å². The monoisotopic (exact) mass is 418 g/mol. The van der Waals surface area contributed by atoms with Crippen LogP contribution in [0.15, 0.2) is 65.8 Å². The molecule has 1 N–H and O–H groups in total. The van der Waals surface area contributed by atoms with Crippen LogP contribution in [0.2, 0.25) is 0 Å². The average molecular weight is 419 g/mol. The number of fused-ring (bicyclic) bond motifs is 3. The van der Waals surface area contributed by atoms with Gasteiger partial charge in [0.05, 0.1) is 13.1 Å². The number of rotatable bonds is 4. The smallest absolute Gasteiger partial charge is 0.310 e. The fourth-order valence-electron chi connectivity index (χ4n) is 4.65. The van der Waals surface area contributed by atoms with E-state index in [0.717, 1.165) is 16.8 Å². The SMILES string of the molecule is CC1=NN(Cc2ccccc2)C2NC3C(C(=O)N(Cc4ccccc4)C(=O)N3C)N2C1. The van der Waals surface area contributed by atoms with Crippen LogP contribution in [0.3, 0.4) is 0 Å². The lowest BCUT2D eigenvalue weighted by atomic mass is 10.1. The molecule has 31 heavy (non-hydrogen) atoms. The number of hydrazone groups is 1. The molecule has 8 nitrogen and oxygen atoms in total. The van der Waals surface area contributed by atoms with Gasteiger partial charge in [0.25, 0.3) is 5.91 Å². The molecular formula is C23H26N6O2. The Morgan fingerprint density at radius 1 is 0.968 bits per heavy atom. The van der Waals surface area contributed by atoms with E-state index in [-0.39, 0.29) is 24.8 Å². The van der Waals surface area contributed by atoms with Gasteiger partial charge in [-0.15, -0.1) is 0 Å². The zero-order valence-corrected chi connectivity index (χ0v) is 17.7. The summed E-state index contributed by atoms with van der Waals surface area (Å²) in [5, 5.41) is 10.2. The normalized spacial score (nSPS) is 26.1. The van der Waals surface area contributed by atoms with Gasteiger partial charge in [0, 0.05) is 19.3 Å². The third-order valence-electron chi connectivity index (χ3n) is 6.12. The molecule has 2 aromatic rings. The number of likely N-dealkylation sites (N-methyl/N-ethyl adjacent to an activating group) is 1. The van der Waals surface area contributed by atoms with E-state index in [0.29, 0.717) is 13.1 Å². The zero-order chi connectivity index (χ0) is 21.5. The van der Waals surface area contributed by atoms with Crippen LogP contribution in [-0.4, -0.2) is 69.4 Å². The first-order valence-corrected chi connectivity index (χ1v) is 10.5. The predicted molar refractivity (Wildman–Crippen MR) is 116 cm³/mol. The Labute approximate surface area is 181 Å². The third-order valence-corrected chi connectivity index (χ3v) is 6.12. The summed E-state index contributed by atoms with van der Waals surface area (Å²) >= 11 is 0. The Balaban J connectivity index is 1.42. The fraction of sp³-hybridized carbons (Fsp3) is 0.348. The van der Waals surface area contributed by atoms with Crippen molar-refractivity contribution in [2.45, 2.75) is 38.5 Å². The van der Waals surface area contributed by atoms with Gasteiger partial charge in [-0.1, -0.05) is 60.7 Å².